The van der Waals surface area contributed by atoms with Gasteiger partial charge in [-0.05, 0) is 31.7 Å². The molecule has 1 aliphatic rings. The van der Waals surface area contributed by atoms with Crippen molar-refractivity contribution < 1.29 is 14.8 Å². The zero-order chi connectivity index (χ0) is 14.7. The molecule has 0 aliphatic carbocycles. The van der Waals surface area contributed by atoms with E-state index in [0.29, 0.717) is 24.3 Å². The standard InChI is InChI=1S/C14H18N2O4/c1-10-3-2-4-12(14(10)16(19)20)15-7-5-11(6-8-15)9-13(17)18/h2-4,11H,5-9H2,1H3,(H,17,18). The highest BCUT2D eigenvalue weighted by atomic mass is 16.6. The van der Waals surface area contributed by atoms with Gasteiger partial charge in [0.2, 0.25) is 0 Å². The number of anilines is 1. The summed E-state index contributed by atoms with van der Waals surface area (Å²) >= 11 is 0. The maximum absolute atomic E-state index is 11.2. The van der Waals surface area contributed by atoms with E-state index in [0.717, 1.165) is 12.8 Å². The SMILES string of the molecule is Cc1cccc(N2CCC(CC(=O)O)CC2)c1[N+](=O)[O-]. The molecule has 20 heavy (non-hydrogen) atoms. The van der Waals surface area contributed by atoms with Crippen molar-refractivity contribution in [2.75, 3.05) is 18.0 Å². The Morgan fingerprint density at radius 2 is 2.10 bits per heavy atom. The third kappa shape index (κ3) is 3.07. The van der Waals surface area contributed by atoms with Crippen molar-refractivity contribution in [2.45, 2.75) is 26.2 Å². The molecule has 0 amide bonds. The van der Waals surface area contributed by atoms with Crippen molar-refractivity contribution in [1.29, 1.82) is 0 Å². The smallest absolute Gasteiger partial charge is 0.303 e. The Kier molecular flexibility index (Phi) is 4.22. The minimum Gasteiger partial charge on any atom is -0.481 e. The Bertz CT molecular complexity index is 522. The van der Waals surface area contributed by atoms with E-state index in [2.05, 4.69) is 0 Å². The lowest BCUT2D eigenvalue weighted by Crippen LogP contribution is -2.34. The number of carboxylic acid groups (broad SMARTS) is 1. The van der Waals surface area contributed by atoms with Crippen LogP contribution in [0.4, 0.5) is 11.4 Å². The highest BCUT2D eigenvalue weighted by Gasteiger charge is 2.26. The molecule has 1 fully saturated rings. The van der Waals surface area contributed by atoms with E-state index in [-0.39, 0.29) is 22.9 Å². The van der Waals surface area contributed by atoms with Gasteiger partial charge in [-0.1, -0.05) is 12.1 Å². The van der Waals surface area contributed by atoms with Crippen LogP contribution in [0, 0.1) is 23.0 Å². The van der Waals surface area contributed by atoms with Crippen LogP contribution in [0.3, 0.4) is 0 Å². The van der Waals surface area contributed by atoms with Gasteiger partial charge < -0.3 is 10.0 Å². The summed E-state index contributed by atoms with van der Waals surface area (Å²) < 4.78 is 0. The van der Waals surface area contributed by atoms with Crippen LogP contribution in [0.5, 0.6) is 0 Å². The summed E-state index contributed by atoms with van der Waals surface area (Å²) in [4.78, 5) is 23.6. The van der Waals surface area contributed by atoms with Gasteiger partial charge in [-0.3, -0.25) is 14.9 Å². The molecule has 6 heteroatoms. The molecule has 0 atom stereocenters. The summed E-state index contributed by atoms with van der Waals surface area (Å²) in [6, 6.07) is 5.32. The molecule has 0 unspecified atom stereocenters. The van der Waals surface area contributed by atoms with E-state index in [1.807, 2.05) is 11.0 Å². The van der Waals surface area contributed by atoms with Gasteiger partial charge >= 0.3 is 5.97 Å². The lowest BCUT2D eigenvalue weighted by atomic mass is 9.93. The normalized spacial score (nSPS) is 16.1. The molecular formula is C14H18N2O4. The summed E-state index contributed by atoms with van der Waals surface area (Å²) in [6.45, 7) is 3.07. The second kappa shape index (κ2) is 5.90. The van der Waals surface area contributed by atoms with Gasteiger partial charge in [0.05, 0.1) is 4.92 Å². The number of carboxylic acids is 1. The van der Waals surface area contributed by atoms with Crippen molar-refractivity contribution in [2.24, 2.45) is 5.92 Å². The van der Waals surface area contributed by atoms with Crippen molar-refractivity contribution in [3.8, 4) is 0 Å². The maximum atomic E-state index is 11.2. The molecule has 1 heterocycles. The molecule has 0 aromatic heterocycles. The van der Waals surface area contributed by atoms with Gasteiger partial charge in [0.15, 0.2) is 0 Å². The minimum absolute atomic E-state index is 0.157. The molecule has 1 aliphatic heterocycles. The maximum Gasteiger partial charge on any atom is 0.303 e. The third-order valence-corrected chi connectivity index (χ3v) is 3.82. The van der Waals surface area contributed by atoms with Crippen molar-refractivity contribution in [3.63, 3.8) is 0 Å². The average Bonchev–Trinajstić information content (AvgIpc) is 2.38. The first-order chi connectivity index (χ1) is 9.49. The zero-order valence-corrected chi connectivity index (χ0v) is 11.4. The Morgan fingerprint density at radius 3 is 2.65 bits per heavy atom. The Morgan fingerprint density at radius 1 is 1.45 bits per heavy atom. The number of benzene rings is 1. The monoisotopic (exact) mass is 278 g/mol. The van der Waals surface area contributed by atoms with Crippen molar-refractivity contribution in [3.05, 3.63) is 33.9 Å². The lowest BCUT2D eigenvalue weighted by Gasteiger charge is -2.32. The topological polar surface area (TPSA) is 83.7 Å². The van der Waals surface area contributed by atoms with Crippen LogP contribution in [0.15, 0.2) is 18.2 Å². The van der Waals surface area contributed by atoms with Gasteiger partial charge in [-0.15, -0.1) is 0 Å². The first-order valence-electron chi connectivity index (χ1n) is 6.69. The first kappa shape index (κ1) is 14.3. The van der Waals surface area contributed by atoms with E-state index >= 15 is 0 Å². The predicted molar refractivity (Wildman–Crippen MR) is 75.0 cm³/mol. The number of nitrogens with zero attached hydrogens (tertiary/aromatic N) is 2. The van der Waals surface area contributed by atoms with E-state index in [1.54, 1.807) is 19.1 Å². The van der Waals surface area contributed by atoms with Crippen LogP contribution in [-0.4, -0.2) is 29.1 Å². The number of nitro groups is 1. The highest BCUT2D eigenvalue weighted by molar-refractivity contribution is 5.68. The molecule has 1 aromatic rings. The predicted octanol–water partition coefficient (Wildman–Crippen LogP) is 2.59. The van der Waals surface area contributed by atoms with Gasteiger partial charge in [0.25, 0.3) is 5.69 Å². The Labute approximate surface area is 117 Å². The third-order valence-electron chi connectivity index (χ3n) is 3.82. The fraction of sp³-hybridized carbons (Fsp3) is 0.500. The number of aryl methyl sites for hydroxylation is 1. The largest absolute Gasteiger partial charge is 0.481 e. The van der Waals surface area contributed by atoms with Crippen LogP contribution in [0.1, 0.15) is 24.8 Å². The van der Waals surface area contributed by atoms with Gasteiger partial charge in [0.1, 0.15) is 5.69 Å². The van der Waals surface area contributed by atoms with Crippen LogP contribution in [-0.2, 0) is 4.79 Å². The molecule has 108 valence electrons. The molecular weight excluding hydrogens is 260 g/mol. The fourth-order valence-corrected chi connectivity index (χ4v) is 2.76. The quantitative estimate of drug-likeness (QED) is 0.676. The summed E-state index contributed by atoms with van der Waals surface area (Å²) in [6.07, 6.45) is 1.71. The summed E-state index contributed by atoms with van der Waals surface area (Å²) in [7, 11) is 0. The van der Waals surface area contributed by atoms with Gasteiger partial charge in [-0.25, -0.2) is 0 Å². The van der Waals surface area contributed by atoms with E-state index < -0.39 is 5.97 Å². The summed E-state index contributed by atoms with van der Waals surface area (Å²) in [5.74, 6) is -0.599. The summed E-state index contributed by atoms with van der Waals surface area (Å²) in [5.41, 5.74) is 1.45. The number of hydrogen-bond acceptors (Lipinski definition) is 4. The second-order valence-corrected chi connectivity index (χ2v) is 5.23. The van der Waals surface area contributed by atoms with Crippen LogP contribution in [0.2, 0.25) is 0 Å². The zero-order valence-electron chi connectivity index (χ0n) is 11.4. The van der Waals surface area contributed by atoms with Crippen LogP contribution in [0.25, 0.3) is 0 Å². The lowest BCUT2D eigenvalue weighted by molar-refractivity contribution is -0.384. The number of aliphatic carboxylic acids is 1. The molecule has 1 N–H and O–H groups in total. The van der Waals surface area contributed by atoms with E-state index in [1.165, 1.54) is 0 Å². The molecule has 2 rings (SSSR count). The number of para-hydroxylation sites is 1. The number of hydrogen-bond donors (Lipinski definition) is 1. The summed E-state index contributed by atoms with van der Waals surface area (Å²) in [5, 5.41) is 20.0. The van der Waals surface area contributed by atoms with Crippen LogP contribution >= 0.6 is 0 Å². The fourth-order valence-electron chi connectivity index (χ4n) is 2.76. The molecule has 0 radical (unpaired) electrons. The average molecular weight is 278 g/mol. The number of carbonyl (C=O) groups is 1. The van der Waals surface area contributed by atoms with Gasteiger partial charge in [-0.2, -0.15) is 0 Å². The molecule has 0 bridgehead atoms. The van der Waals surface area contributed by atoms with Gasteiger partial charge in [0, 0.05) is 25.1 Å². The Hall–Kier alpha value is -2.11. The van der Waals surface area contributed by atoms with Crippen molar-refractivity contribution in [1.82, 2.24) is 0 Å². The highest BCUT2D eigenvalue weighted by Crippen LogP contribution is 2.34. The van der Waals surface area contributed by atoms with E-state index in [9.17, 15) is 14.9 Å². The van der Waals surface area contributed by atoms with Crippen molar-refractivity contribution >= 4 is 17.3 Å². The Balaban J connectivity index is 2.13. The minimum atomic E-state index is -0.773. The molecule has 0 spiro atoms. The number of nitro benzene ring substituents is 1. The number of piperidine rings is 1. The van der Waals surface area contributed by atoms with Crippen LogP contribution < -0.4 is 4.90 Å². The first-order valence-corrected chi connectivity index (χ1v) is 6.69. The molecule has 6 nitrogen and oxygen atoms in total. The van der Waals surface area contributed by atoms with E-state index in [4.69, 9.17) is 5.11 Å². The molecule has 0 saturated carbocycles. The second-order valence-electron chi connectivity index (χ2n) is 5.23. The molecule has 1 saturated heterocycles. The molecule has 1 aromatic carbocycles. The number of rotatable bonds is 4.